The Labute approximate surface area is 115 Å². The fourth-order valence-electron chi connectivity index (χ4n) is 3.42. The van der Waals surface area contributed by atoms with Crippen LogP contribution in [0.3, 0.4) is 0 Å². The molecule has 3 heterocycles. The smallest absolute Gasteiger partial charge is 0.118 e. The van der Waals surface area contributed by atoms with E-state index in [2.05, 4.69) is 27.2 Å². The minimum absolute atomic E-state index is 0.786. The largest absolute Gasteiger partial charge is 0.463 e. The molecule has 4 heteroatoms. The zero-order valence-electron chi connectivity index (χ0n) is 11.9. The van der Waals surface area contributed by atoms with Crippen molar-refractivity contribution >= 4 is 0 Å². The fraction of sp³-hybridized carbons (Fsp3) is 0.733. The summed E-state index contributed by atoms with van der Waals surface area (Å²) >= 11 is 0. The molecule has 0 amide bonds. The standard InChI is InChI=1S/C15H25N3O/c1-16-10-14-5-6-15(19-14)12-17-7-3-9-18-8-2-4-13(18)11-17/h5-6,13,16H,2-4,7-12H2,1H3. The Bertz CT molecular complexity index is 404. The highest BCUT2D eigenvalue weighted by atomic mass is 16.3. The van der Waals surface area contributed by atoms with Crippen molar-refractivity contribution in [2.75, 3.05) is 33.2 Å². The number of rotatable bonds is 4. The van der Waals surface area contributed by atoms with E-state index in [0.717, 1.165) is 30.7 Å². The number of hydrogen-bond donors (Lipinski definition) is 1. The van der Waals surface area contributed by atoms with Gasteiger partial charge in [-0.3, -0.25) is 9.80 Å². The Morgan fingerprint density at radius 3 is 2.95 bits per heavy atom. The van der Waals surface area contributed by atoms with Crippen molar-refractivity contribution in [3.05, 3.63) is 23.7 Å². The molecule has 0 spiro atoms. The molecule has 0 saturated carbocycles. The van der Waals surface area contributed by atoms with Crippen LogP contribution < -0.4 is 5.32 Å². The molecule has 0 radical (unpaired) electrons. The first-order valence-electron chi connectivity index (χ1n) is 7.54. The van der Waals surface area contributed by atoms with E-state index in [9.17, 15) is 0 Å². The van der Waals surface area contributed by atoms with Gasteiger partial charge in [-0.25, -0.2) is 0 Å². The van der Waals surface area contributed by atoms with Gasteiger partial charge in [0.1, 0.15) is 11.5 Å². The number of fused-ring (bicyclic) bond motifs is 1. The van der Waals surface area contributed by atoms with Crippen LogP contribution in [-0.2, 0) is 13.1 Å². The van der Waals surface area contributed by atoms with Gasteiger partial charge in [0, 0.05) is 12.6 Å². The molecule has 1 atom stereocenters. The van der Waals surface area contributed by atoms with E-state index in [4.69, 9.17) is 4.42 Å². The van der Waals surface area contributed by atoms with E-state index >= 15 is 0 Å². The molecule has 2 aliphatic rings. The summed E-state index contributed by atoms with van der Waals surface area (Å²) in [5, 5.41) is 3.13. The van der Waals surface area contributed by atoms with Gasteiger partial charge in [-0.2, -0.15) is 0 Å². The predicted molar refractivity (Wildman–Crippen MR) is 76.0 cm³/mol. The quantitative estimate of drug-likeness (QED) is 0.895. The second-order valence-corrected chi connectivity index (χ2v) is 5.82. The van der Waals surface area contributed by atoms with Crippen molar-refractivity contribution in [1.82, 2.24) is 15.1 Å². The van der Waals surface area contributed by atoms with Gasteiger partial charge in [-0.15, -0.1) is 0 Å². The zero-order chi connectivity index (χ0) is 13.1. The van der Waals surface area contributed by atoms with Crippen LogP contribution in [0.2, 0.25) is 0 Å². The molecule has 1 aromatic rings. The molecule has 2 fully saturated rings. The second-order valence-electron chi connectivity index (χ2n) is 5.82. The Kier molecular flexibility index (Phi) is 4.21. The summed E-state index contributed by atoms with van der Waals surface area (Å²) in [6.45, 7) is 6.79. The maximum atomic E-state index is 5.86. The maximum Gasteiger partial charge on any atom is 0.118 e. The summed E-state index contributed by atoms with van der Waals surface area (Å²) in [6, 6.07) is 5.00. The number of hydrogen-bond acceptors (Lipinski definition) is 4. The number of nitrogens with one attached hydrogen (secondary N) is 1. The Morgan fingerprint density at radius 2 is 2.05 bits per heavy atom. The van der Waals surface area contributed by atoms with Crippen LogP contribution in [-0.4, -0.2) is 49.1 Å². The maximum absolute atomic E-state index is 5.86. The second kappa shape index (κ2) is 6.07. The number of furan rings is 1. The van der Waals surface area contributed by atoms with E-state index in [1.54, 1.807) is 0 Å². The zero-order valence-corrected chi connectivity index (χ0v) is 11.9. The average Bonchev–Trinajstić information content (AvgIpc) is 2.97. The highest BCUT2D eigenvalue weighted by molar-refractivity contribution is 5.07. The predicted octanol–water partition coefficient (Wildman–Crippen LogP) is 1.67. The molecule has 19 heavy (non-hydrogen) atoms. The van der Waals surface area contributed by atoms with Gasteiger partial charge in [0.25, 0.3) is 0 Å². The molecule has 2 aliphatic heterocycles. The molecule has 0 bridgehead atoms. The minimum Gasteiger partial charge on any atom is -0.463 e. The molecule has 106 valence electrons. The molecule has 1 N–H and O–H groups in total. The lowest BCUT2D eigenvalue weighted by atomic mass is 10.2. The average molecular weight is 263 g/mol. The highest BCUT2D eigenvalue weighted by Gasteiger charge is 2.28. The first-order valence-corrected chi connectivity index (χ1v) is 7.54. The van der Waals surface area contributed by atoms with Crippen molar-refractivity contribution in [2.24, 2.45) is 0 Å². The molecule has 0 aromatic carbocycles. The first-order chi connectivity index (χ1) is 9.35. The van der Waals surface area contributed by atoms with Gasteiger partial charge in [-0.05, 0) is 58.1 Å². The lowest BCUT2D eigenvalue weighted by molar-refractivity contribution is 0.204. The van der Waals surface area contributed by atoms with Crippen molar-refractivity contribution in [3.63, 3.8) is 0 Å². The van der Waals surface area contributed by atoms with Crippen LogP contribution in [0.25, 0.3) is 0 Å². The summed E-state index contributed by atoms with van der Waals surface area (Å²) in [5.74, 6) is 2.14. The Hall–Kier alpha value is -0.840. The first kappa shape index (κ1) is 13.2. The topological polar surface area (TPSA) is 31.6 Å². The van der Waals surface area contributed by atoms with E-state index in [1.165, 1.54) is 45.4 Å². The molecule has 2 saturated heterocycles. The fourth-order valence-corrected chi connectivity index (χ4v) is 3.42. The van der Waals surface area contributed by atoms with Crippen molar-refractivity contribution < 1.29 is 4.42 Å². The van der Waals surface area contributed by atoms with E-state index in [1.807, 2.05) is 7.05 Å². The van der Waals surface area contributed by atoms with Gasteiger partial charge >= 0.3 is 0 Å². The summed E-state index contributed by atoms with van der Waals surface area (Å²) in [5.41, 5.74) is 0. The summed E-state index contributed by atoms with van der Waals surface area (Å²) in [4.78, 5) is 5.24. The normalized spacial score (nSPS) is 25.4. The van der Waals surface area contributed by atoms with Crippen LogP contribution in [0, 0.1) is 0 Å². The highest BCUT2D eigenvalue weighted by Crippen LogP contribution is 2.22. The molecule has 1 unspecified atom stereocenters. The van der Waals surface area contributed by atoms with Gasteiger partial charge in [0.15, 0.2) is 0 Å². The van der Waals surface area contributed by atoms with E-state index in [0.29, 0.717) is 0 Å². The van der Waals surface area contributed by atoms with Gasteiger partial charge in [0.2, 0.25) is 0 Å². The van der Waals surface area contributed by atoms with Crippen LogP contribution in [0.15, 0.2) is 16.5 Å². The molecular weight excluding hydrogens is 238 g/mol. The van der Waals surface area contributed by atoms with Crippen LogP contribution >= 0.6 is 0 Å². The third kappa shape index (κ3) is 3.19. The number of nitrogens with zero attached hydrogens (tertiary/aromatic N) is 2. The summed E-state index contributed by atoms with van der Waals surface area (Å²) in [7, 11) is 1.95. The van der Waals surface area contributed by atoms with Crippen LogP contribution in [0.1, 0.15) is 30.8 Å². The van der Waals surface area contributed by atoms with Gasteiger partial charge < -0.3 is 9.73 Å². The summed E-state index contributed by atoms with van der Waals surface area (Å²) in [6.07, 6.45) is 4.05. The SMILES string of the molecule is CNCc1ccc(CN2CCCN3CCCC3C2)o1. The lowest BCUT2D eigenvalue weighted by Crippen LogP contribution is -2.36. The van der Waals surface area contributed by atoms with E-state index < -0.39 is 0 Å². The van der Waals surface area contributed by atoms with Crippen molar-refractivity contribution in [2.45, 2.75) is 38.4 Å². The monoisotopic (exact) mass is 263 g/mol. The Balaban J connectivity index is 1.58. The van der Waals surface area contributed by atoms with Gasteiger partial charge in [0.05, 0.1) is 13.1 Å². The van der Waals surface area contributed by atoms with Crippen LogP contribution in [0.4, 0.5) is 0 Å². The van der Waals surface area contributed by atoms with Crippen LogP contribution in [0.5, 0.6) is 0 Å². The Morgan fingerprint density at radius 1 is 1.21 bits per heavy atom. The van der Waals surface area contributed by atoms with Gasteiger partial charge in [-0.1, -0.05) is 0 Å². The van der Waals surface area contributed by atoms with Crippen molar-refractivity contribution in [3.8, 4) is 0 Å². The molecule has 1 aromatic heterocycles. The van der Waals surface area contributed by atoms with Crippen molar-refractivity contribution in [1.29, 1.82) is 0 Å². The molecule has 3 rings (SSSR count). The van der Waals surface area contributed by atoms with E-state index in [-0.39, 0.29) is 0 Å². The third-order valence-corrected chi connectivity index (χ3v) is 4.34. The minimum atomic E-state index is 0.786. The molecular formula is C15H25N3O. The summed E-state index contributed by atoms with van der Waals surface area (Å²) < 4.78 is 5.86. The lowest BCUT2D eigenvalue weighted by Gasteiger charge is -2.24. The molecule has 0 aliphatic carbocycles. The third-order valence-electron chi connectivity index (χ3n) is 4.34. The molecule has 4 nitrogen and oxygen atoms in total.